The minimum Gasteiger partial charge on any atom is -0.454 e. The molecule has 0 aliphatic heterocycles. The maximum atomic E-state index is 5.99. The summed E-state index contributed by atoms with van der Waals surface area (Å²) in [7, 11) is 2.01. The van der Waals surface area contributed by atoms with E-state index >= 15 is 0 Å². The Bertz CT molecular complexity index is 2110. The lowest BCUT2D eigenvalue weighted by molar-refractivity contribution is 0.629. The van der Waals surface area contributed by atoms with Gasteiger partial charge >= 0.3 is 0 Å². The lowest BCUT2D eigenvalue weighted by Gasteiger charge is -1.97. The first-order valence-electron chi connectivity index (χ1n) is 12.6. The molecule has 6 heterocycles. The molecule has 6 aromatic heterocycles. The minimum absolute atomic E-state index is 0.670. The zero-order chi connectivity index (χ0) is 27.9. The molecule has 41 heavy (non-hydrogen) atoms. The minimum atomic E-state index is 0.670. The first-order valence-corrected chi connectivity index (χ1v) is 15.1. The number of aromatic amines is 1. The molecule has 8 aromatic rings. The number of furan rings is 2. The zero-order valence-electron chi connectivity index (χ0n) is 21.5. The summed E-state index contributed by atoms with van der Waals surface area (Å²) in [6.45, 7) is 0. The Labute approximate surface area is 252 Å². The zero-order valence-corrected chi connectivity index (χ0v) is 24.6. The molecule has 0 aliphatic rings. The van der Waals surface area contributed by atoms with Crippen molar-refractivity contribution in [2.75, 3.05) is 0 Å². The van der Waals surface area contributed by atoms with Crippen LogP contribution in [0.4, 0.5) is 0 Å². The van der Waals surface area contributed by atoms with E-state index in [4.69, 9.17) is 32.0 Å². The number of rotatable bonds is 4. The van der Waals surface area contributed by atoms with Crippen LogP contribution in [-0.2, 0) is 7.05 Å². The van der Waals surface area contributed by atoms with Gasteiger partial charge in [-0.3, -0.25) is 0 Å². The Morgan fingerprint density at radius 2 is 1.34 bits per heavy atom. The van der Waals surface area contributed by atoms with Gasteiger partial charge in [0.2, 0.25) is 0 Å². The van der Waals surface area contributed by atoms with Crippen LogP contribution in [0.5, 0.6) is 0 Å². The second kappa shape index (κ2) is 10.7. The van der Waals surface area contributed by atoms with Gasteiger partial charge in [-0.2, -0.15) is 0 Å². The van der Waals surface area contributed by atoms with Crippen molar-refractivity contribution in [3.63, 3.8) is 0 Å². The summed E-state index contributed by atoms with van der Waals surface area (Å²) >= 11 is 15.2. The molecule has 0 unspecified atom stereocenters. The van der Waals surface area contributed by atoms with E-state index in [1.165, 1.54) is 0 Å². The van der Waals surface area contributed by atoms with Crippen LogP contribution in [0.15, 0.2) is 105 Å². The molecule has 0 fully saturated rings. The largest absolute Gasteiger partial charge is 0.454 e. The Morgan fingerprint density at radius 1 is 0.732 bits per heavy atom. The number of thiazole rings is 2. The van der Waals surface area contributed by atoms with E-state index < -0.39 is 0 Å². The summed E-state index contributed by atoms with van der Waals surface area (Å²) in [6, 6.07) is 23.3. The number of hydrogen-bond donors (Lipinski definition) is 1. The van der Waals surface area contributed by atoms with Gasteiger partial charge < -0.3 is 18.4 Å². The van der Waals surface area contributed by atoms with Gasteiger partial charge in [0.1, 0.15) is 32.6 Å². The van der Waals surface area contributed by atoms with Crippen LogP contribution in [-0.4, -0.2) is 19.5 Å². The monoisotopic (exact) mass is 614 g/mol. The van der Waals surface area contributed by atoms with Crippen LogP contribution in [0.3, 0.4) is 0 Å². The quantitative estimate of drug-likeness (QED) is 0.214. The fourth-order valence-corrected chi connectivity index (χ4v) is 6.42. The first kappa shape index (κ1) is 25.9. The number of hydrogen-bond acceptors (Lipinski definition) is 6. The van der Waals surface area contributed by atoms with Crippen molar-refractivity contribution in [3.05, 3.63) is 106 Å². The van der Waals surface area contributed by atoms with Crippen molar-refractivity contribution >= 4 is 67.8 Å². The van der Waals surface area contributed by atoms with Crippen molar-refractivity contribution in [1.29, 1.82) is 0 Å². The van der Waals surface area contributed by atoms with Crippen LogP contribution < -0.4 is 0 Å². The number of H-pyrrole nitrogens is 1. The molecule has 0 aliphatic carbocycles. The summed E-state index contributed by atoms with van der Waals surface area (Å²) in [5.41, 5.74) is 5.37. The smallest absolute Gasteiger partial charge is 0.154 e. The normalized spacial score (nSPS) is 11.3. The molecule has 0 spiro atoms. The van der Waals surface area contributed by atoms with Crippen molar-refractivity contribution in [2.24, 2.45) is 7.05 Å². The van der Waals surface area contributed by atoms with E-state index in [1.54, 1.807) is 22.7 Å². The van der Waals surface area contributed by atoms with Gasteiger partial charge in [-0.1, -0.05) is 23.2 Å². The second-order valence-electron chi connectivity index (χ2n) is 9.25. The number of benzene rings is 2. The van der Waals surface area contributed by atoms with Gasteiger partial charge in [0.25, 0.3) is 0 Å². The van der Waals surface area contributed by atoms with Crippen LogP contribution >= 0.6 is 45.9 Å². The van der Waals surface area contributed by atoms with E-state index in [9.17, 15) is 0 Å². The third-order valence-electron chi connectivity index (χ3n) is 6.47. The van der Waals surface area contributed by atoms with Gasteiger partial charge in [-0.15, -0.1) is 22.7 Å². The van der Waals surface area contributed by atoms with Gasteiger partial charge in [0, 0.05) is 63.2 Å². The van der Waals surface area contributed by atoms with E-state index in [0.29, 0.717) is 10.0 Å². The Kier molecular flexibility index (Phi) is 6.76. The van der Waals surface area contributed by atoms with Gasteiger partial charge in [0.15, 0.2) is 11.5 Å². The number of aromatic nitrogens is 4. The molecule has 0 saturated heterocycles. The number of nitrogens with zero attached hydrogens (tertiary/aromatic N) is 3. The van der Waals surface area contributed by atoms with Crippen LogP contribution in [0.1, 0.15) is 0 Å². The molecule has 6 nitrogen and oxygen atoms in total. The van der Waals surface area contributed by atoms with Gasteiger partial charge in [-0.25, -0.2) is 9.97 Å². The molecule has 202 valence electrons. The highest BCUT2D eigenvalue weighted by Crippen LogP contribution is 2.34. The number of nitrogens with one attached hydrogen (secondary N) is 1. The first-order chi connectivity index (χ1) is 20.0. The van der Waals surface area contributed by atoms with Crippen molar-refractivity contribution < 1.29 is 8.83 Å². The predicted molar refractivity (Wildman–Crippen MR) is 169 cm³/mol. The molecule has 0 atom stereocenters. The van der Waals surface area contributed by atoms with Crippen molar-refractivity contribution in [2.45, 2.75) is 0 Å². The molecule has 2 aromatic carbocycles. The lowest BCUT2D eigenvalue weighted by Crippen LogP contribution is -1.88. The van der Waals surface area contributed by atoms with Crippen molar-refractivity contribution in [3.8, 4) is 44.3 Å². The summed E-state index contributed by atoms with van der Waals surface area (Å²) < 4.78 is 13.7. The summed E-state index contributed by atoms with van der Waals surface area (Å²) in [5, 5.41) is 9.34. The number of fused-ring (bicyclic) bond motifs is 2. The Balaban J connectivity index is 0.000000135. The van der Waals surface area contributed by atoms with Crippen LogP contribution in [0.25, 0.3) is 66.2 Å². The molecule has 1 N–H and O–H groups in total. The third-order valence-corrected chi connectivity index (χ3v) is 8.68. The van der Waals surface area contributed by atoms with Gasteiger partial charge in [0.05, 0.1) is 11.4 Å². The molecule has 0 amide bonds. The fraction of sp³-hybridized carbons (Fsp3) is 0.0323. The number of aryl methyl sites for hydroxylation is 1. The van der Waals surface area contributed by atoms with E-state index in [1.807, 2.05) is 96.9 Å². The summed E-state index contributed by atoms with van der Waals surface area (Å²) in [5.74, 6) is 1.53. The molecule has 0 radical (unpaired) electrons. The summed E-state index contributed by atoms with van der Waals surface area (Å²) in [4.78, 5) is 12.4. The SMILES string of the molecule is Clc1ccc2cc(-c3csc(-c4ccc[nH]4)n3)oc2c1.Cn1cccc1-c1nc(-c2cc3ccc(Cl)cc3o2)cs1. The number of halogens is 2. The summed E-state index contributed by atoms with van der Waals surface area (Å²) in [6.07, 6.45) is 3.90. The standard InChI is InChI=1S/C16H11ClN2OS.C15H9ClN2OS/c1-19-6-2-3-13(19)16-18-12(9-21-16)15-7-10-4-5-11(17)8-14(10)20-15;16-10-4-3-9-6-14(19-13(9)7-10)12-8-20-15(18-12)11-2-1-5-17-11/h2-9H,1H3;1-8,17H. The highest BCUT2D eigenvalue weighted by atomic mass is 35.5. The van der Waals surface area contributed by atoms with E-state index in [2.05, 4.69) is 25.6 Å². The molecular weight excluding hydrogens is 595 g/mol. The van der Waals surface area contributed by atoms with Crippen LogP contribution in [0.2, 0.25) is 10.0 Å². The van der Waals surface area contributed by atoms with E-state index in [0.717, 1.165) is 66.2 Å². The van der Waals surface area contributed by atoms with Crippen LogP contribution in [0, 0.1) is 0 Å². The fourth-order valence-electron chi connectivity index (χ4n) is 4.42. The Morgan fingerprint density at radius 3 is 1.90 bits per heavy atom. The average Bonchev–Trinajstić information content (AvgIpc) is 3.80. The van der Waals surface area contributed by atoms with Crippen molar-refractivity contribution in [1.82, 2.24) is 19.5 Å². The average molecular weight is 616 g/mol. The molecule has 0 bridgehead atoms. The predicted octanol–water partition coefficient (Wildman–Crippen LogP) is 10.4. The molecule has 10 heteroatoms. The molecular formula is C31H20Cl2N4O2S2. The Hall–Kier alpha value is -4.08. The maximum Gasteiger partial charge on any atom is 0.154 e. The van der Waals surface area contributed by atoms with E-state index in [-0.39, 0.29) is 0 Å². The highest BCUT2D eigenvalue weighted by molar-refractivity contribution is 7.13. The topological polar surface area (TPSA) is 72.8 Å². The molecule has 0 saturated carbocycles. The second-order valence-corrected chi connectivity index (χ2v) is 11.8. The lowest BCUT2D eigenvalue weighted by atomic mass is 10.2. The molecule has 8 rings (SSSR count). The van der Waals surface area contributed by atoms with Gasteiger partial charge in [-0.05, 0) is 60.7 Å². The third kappa shape index (κ3) is 5.23. The maximum absolute atomic E-state index is 5.99. The highest BCUT2D eigenvalue weighted by Gasteiger charge is 2.14.